The summed E-state index contributed by atoms with van der Waals surface area (Å²) < 4.78 is 32.9. The monoisotopic (exact) mass is 567 g/mol. The van der Waals surface area contributed by atoms with Crippen molar-refractivity contribution in [1.82, 2.24) is 35.7 Å². The van der Waals surface area contributed by atoms with Crippen molar-refractivity contribution in [2.75, 3.05) is 26.2 Å². The molecule has 0 unspecified atom stereocenters. The number of halogens is 2. The van der Waals surface area contributed by atoms with Crippen LogP contribution in [0.3, 0.4) is 0 Å². The first kappa shape index (κ1) is 28.1. The van der Waals surface area contributed by atoms with Crippen molar-refractivity contribution in [2.24, 2.45) is 5.92 Å². The molecule has 216 valence electrons. The Hall–Kier alpha value is -4.42. The molecule has 3 heterocycles. The van der Waals surface area contributed by atoms with Gasteiger partial charge in [0, 0.05) is 37.7 Å². The number of ether oxygens (including phenoxy) is 1. The number of tetrazole rings is 1. The molecule has 0 radical (unpaired) electrons. The molecule has 0 saturated carbocycles. The molecule has 2 bridgehead atoms. The predicted octanol–water partition coefficient (Wildman–Crippen LogP) is 2.33. The van der Waals surface area contributed by atoms with Gasteiger partial charge in [-0.2, -0.15) is 4.80 Å². The summed E-state index contributed by atoms with van der Waals surface area (Å²) in [6.07, 6.45) is 2.06. The van der Waals surface area contributed by atoms with Crippen LogP contribution in [0.4, 0.5) is 8.78 Å². The Balaban J connectivity index is 1.25. The topological polar surface area (TPSA) is 131 Å². The van der Waals surface area contributed by atoms with E-state index >= 15 is 0 Å². The third-order valence-electron chi connectivity index (χ3n) is 7.17. The number of likely N-dealkylation sites (tertiary alicyclic amines) is 1. The summed E-state index contributed by atoms with van der Waals surface area (Å²) in [5.74, 6) is -1.53. The Morgan fingerprint density at radius 3 is 2.68 bits per heavy atom. The molecule has 1 fully saturated rings. The number of aryl methyl sites for hydroxylation is 1. The summed E-state index contributed by atoms with van der Waals surface area (Å²) in [6.45, 7) is 1.41. The van der Waals surface area contributed by atoms with Crippen LogP contribution in [0.2, 0.25) is 0 Å². The molecule has 2 aliphatic heterocycles. The zero-order valence-corrected chi connectivity index (χ0v) is 22.4. The van der Waals surface area contributed by atoms with Gasteiger partial charge in [-0.15, -0.1) is 10.2 Å². The normalized spacial score (nSPS) is 19.8. The van der Waals surface area contributed by atoms with Crippen LogP contribution in [0.15, 0.2) is 42.5 Å². The lowest BCUT2D eigenvalue weighted by molar-refractivity contribution is -0.133. The molecule has 3 amide bonds. The quantitative estimate of drug-likeness (QED) is 0.484. The Kier molecular flexibility index (Phi) is 8.80. The lowest BCUT2D eigenvalue weighted by Crippen LogP contribution is -2.46. The molecule has 2 N–H and O–H groups in total. The average Bonchev–Trinajstić information content (AvgIpc) is 3.32. The van der Waals surface area contributed by atoms with Gasteiger partial charge in [0.25, 0.3) is 5.91 Å². The highest BCUT2D eigenvalue weighted by molar-refractivity contribution is 5.97. The number of aromatic nitrogens is 4. The first-order chi connectivity index (χ1) is 19.9. The van der Waals surface area contributed by atoms with E-state index in [1.54, 1.807) is 17.0 Å². The zero-order valence-electron chi connectivity index (χ0n) is 22.4. The van der Waals surface area contributed by atoms with Gasteiger partial charge in [0.15, 0.2) is 0 Å². The molecule has 3 aromatic rings. The molecule has 5 rings (SSSR count). The van der Waals surface area contributed by atoms with Crippen LogP contribution in [0.5, 0.6) is 5.75 Å². The molecule has 0 aliphatic carbocycles. The lowest BCUT2D eigenvalue weighted by atomic mass is 10.0. The molecule has 0 spiro atoms. The van der Waals surface area contributed by atoms with Crippen LogP contribution >= 0.6 is 0 Å². The maximum atomic E-state index is 14.0. The molecular weight excluding hydrogens is 536 g/mol. The van der Waals surface area contributed by atoms with Crippen LogP contribution in [-0.2, 0) is 16.1 Å². The Morgan fingerprint density at radius 2 is 1.85 bits per heavy atom. The van der Waals surface area contributed by atoms with Gasteiger partial charge in [-0.05, 0) is 73.4 Å². The van der Waals surface area contributed by atoms with E-state index in [2.05, 4.69) is 26.0 Å². The number of carbonyl (C=O) groups excluding carboxylic acids is 3. The summed E-state index contributed by atoms with van der Waals surface area (Å²) in [7, 11) is 0. The van der Waals surface area contributed by atoms with E-state index in [4.69, 9.17) is 4.74 Å². The number of benzene rings is 2. The summed E-state index contributed by atoms with van der Waals surface area (Å²) in [5.41, 5.74) is 0.716. The summed E-state index contributed by atoms with van der Waals surface area (Å²) >= 11 is 0. The van der Waals surface area contributed by atoms with E-state index in [9.17, 15) is 23.2 Å². The third-order valence-corrected chi connectivity index (χ3v) is 7.17. The van der Waals surface area contributed by atoms with Gasteiger partial charge < -0.3 is 20.3 Å². The fourth-order valence-corrected chi connectivity index (χ4v) is 4.99. The maximum Gasteiger partial charge on any atom is 0.255 e. The van der Waals surface area contributed by atoms with Gasteiger partial charge in [0.2, 0.25) is 17.6 Å². The number of nitrogens with zero attached hydrogens (tertiary/aromatic N) is 5. The second kappa shape index (κ2) is 12.8. The molecular formula is C28H31F2N7O4. The maximum absolute atomic E-state index is 14.0. The van der Waals surface area contributed by atoms with E-state index < -0.39 is 23.7 Å². The van der Waals surface area contributed by atoms with E-state index in [1.165, 1.54) is 29.1 Å². The molecule has 41 heavy (non-hydrogen) atoms. The zero-order chi connectivity index (χ0) is 28.8. The molecule has 11 nitrogen and oxygen atoms in total. The highest BCUT2D eigenvalue weighted by atomic mass is 19.1. The van der Waals surface area contributed by atoms with Crippen molar-refractivity contribution in [3.8, 4) is 17.1 Å². The largest absolute Gasteiger partial charge is 0.493 e. The summed E-state index contributed by atoms with van der Waals surface area (Å²) in [4.78, 5) is 42.4. The molecule has 1 saturated heterocycles. The number of amides is 3. The fraction of sp³-hybridized carbons (Fsp3) is 0.429. The Bertz CT molecular complexity index is 1400. The molecule has 2 atom stereocenters. The number of hydrogen-bond donors (Lipinski definition) is 2. The van der Waals surface area contributed by atoms with Gasteiger partial charge in [-0.1, -0.05) is 0 Å². The highest BCUT2D eigenvalue weighted by Gasteiger charge is 2.32. The van der Waals surface area contributed by atoms with Crippen LogP contribution in [-0.4, -0.2) is 75.1 Å². The van der Waals surface area contributed by atoms with E-state index in [1.807, 2.05) is 0 Å². The standard InChI is InChI=1S/C28H31F2N7O4/c29-20-7-4-18(5-8-20)26-33-35-37(34-26)13-1-3-25(38)36-16-19-6-10-22(17-36)32-28(40)23-15-21(30)9-11-24(23)41-14-2-12-31-27(19)39/h4-5,7-9,11,15,19,22H,1-3,6,10,12-14,16-17H2,(H,31,39)(H,32,40)/t19-,22+/m0/s1. The van der Waals surface area contributed by atoms with Gasteiger partial charge in [0.05, 0.1) is 24.6 Å². The molecule has 13 heteroatoms. The molecule has 1 aromatic heterocycles. The van der Waals surface area contributed by atoms with E-state index in [-0.39, 0.29) is 55.1 Å². The minimum absolute atomic E-state index is 0.0881. The number of nitrogens with one attached hydrogen (secondary N) is 2. The van der Waals surface area contributed by atoms with Gasteiger partial charge >= 0.3 is 0 Å². The van der Waals surface area contributed by atoms with Crippen LogP contribution in [0.25, 0.3) is 11.4 Å². The van der Waals surface area contributed by atoms with Crippen molar-refractivity contribution in [2.45, 2.75) is 44.7 Å². The first-order valence-electron chi connectivity index (χ1n) is 13.7. The minimum atomic E-state index is -0.555. The molecule has 2 aliphatic rings. The first-order valence-corrected chi connectivity index (χ1v) is 13.7. The van der Waals surface area contributed by atoms with Gasteiger partial charge in [-0.3, -0.25) is 14.4 Å². The van der Waals surface area contributed by atoms with Crippen molar-refractivity contribution in [3.05, 3.63) is 59.7 Å². The smallest absolute Gasteiger partial charge is 0.255 e. The van der Waals surface area contributed by atoms with Crippen molar-refractivity contribution >= 4 is 17.7 Å². The van der Waals surface area contributed by atoms with Gasteiger partial charge in [-0.25, -0.2) is 8.78 Å². The Morgan fingerprint density at radius 1 is 1.05 bits per heavy atom. The van der Waals surface area contributed by atoms with Crippen LogP contribution in [0.1, 0.15) is 42.5 Å². The molecule has 2 aromatic carbocycles. The van der Waals surface area contributed by atoms with Crippen LogP contribution in [0, 0.1) is 17.6 Å². The predicted molar refractivity (Wildman–Crippen MR) is 143 cm³/mol. The number of rotatable bonds is 5. The summed E-state index contributed by atoms with van der Waals surface area (Å²) in [6, 6.07) is 9.11. The minimum Gasteiger partial charge on any atom is -0.493 e. The lowest BCUT2D eigenvalue weighted by Gasteiger charge is -2.26. The van der Waals surface area contributed by atoms with E-state index in [0.29, 0.717) is 50.2 Å². The average molecular weight is 568 g/mol. The van der Waals surface area contributed by atoms with Crippen molar-refractivity contribution in [1.29, 1.82) is 0 Å². The second-order valence-electron chi connectivity index (χ2n) is 10.2. The fourth-order valence-electron chi connectivity index (χ4n) is 4.99. The van der Waals surface area contributed by atoms with Gasteiger partial charge in [0.1, 0.15) is 17.4 Å². The number of hydrogen-bond acceptors (Lipinski definition) is 7. The van der Waals surface area contributed by atoms with Crippen LogP contribution < -0.4 is 15.4 Å². The Labute approximate surface area is 235 Å². The SMILES string of the molecule is O=C1N[C@@H]2CC[C@@H](CN(C(=O)CCCn3nnc(-c4ccc(F)cc4)n3)C2)C(=O)NCCCOc2ccc(F)cc21. The highest BCUT2D eigenvalue weighted by Crippen LogP contribution is 2.23. The second-order valence-corrected chi connectivity index (χ2v) is 10.2. The van der Waals surface area contributed by atoms with Crippen molar-refractivity contribution < 1.29 is 27.9 Å². The number of carbonyl (C=O) groups is 3. The number of fused-ring (bicyclic) bond motifs is 4. The third kappa shape index (κ3) is 7.21. The van der Waals surface area contributed by atoms with Crippen molar-refractivity contribution in [3.63, 3.8) is 0 Å². The summed E-state index contributed by atoms with van der Waals surface area (Å²) in [5, 5.41) is 18.2. The van der Waals surface area contributed by atoms with E-state index in [0.717, 1.165) is 6.07 Å².